The van der Waals surface area contributed by atoms with Crippen molar-refractivity contribution >= 4 is 24.0 Å². The minimum absolute atomic E-state index is 0. The Hall–Kier alpha value is -1.86. The van der Waals surface area contributed by atoms with Gasteiger partial charge in [0.2, 0.25) is 5.91 Å². The highest BCUT2D eigenvalue weighted by atomic mass is 35.5. The van der Waals surface area contributed by atoms with Gasteiger partial charge in [-0.2, -0.15) is 0 Å². The van der Waals surface area contributed by atoms with E-state index in [1.54, 1.807) is 13.0 Å². The van der Waals surface area contributed by atoms with Gasteiger partial charge in [-0.1, -0.05) is 6.07 Å². The van der Waals surface area contributed by atoms with Crippen molar-refractivity contribution < 1.29 is 14.5 Å². The molecule has 1 amide bonds. The second-order valence-electron chi connectivity index (χ2n) is 4.22. The van der Waals surface area contributed by atoms with Crippen LogP contribution in [0.15, 0.2) is 18.2 Å². The maximum absolute atomic E-state index is 11.4. The van der Waals surface area contributed by atoms with Crippen LogP contribution in [-0.2, 0) is 11.3 Å². The maximum Gasteiger partial charge on any atom is 0.311 e. The Bertz CT molecular complexity index is 480. The Balaban J connectivity index is 0.00000361. The largest absolute Gasteiger partial charge is 0.490 e. The van der Waals surface area contributed by atoms with Gasteiger partial charge in [-0.05, 0) is 18.6 Å². The number of nitro benzene ring substituents is 1. The van der Waals surface area contributed by atoms with Gasteiger partial charge in [-0.15, -0.1) is 12.4 Å². The average Bonchev–Trinajstić information content (AvgIpc) is 2.35. The van der Waals surface area contributed by atoms with Crippen LogP contribution in [0.5, 0.6) is 5.75 Å². The minimum atomic E-state index is -0.522. The first-order valence-corrected chi connectivity index (χ1v) is 5.77. The lowest BCUT2D eigenvalue weighted by molar-refractivity contribution is -0.385. The highest BCUT2D eigenvalue weighted by Crippen LogP contribution is 2.27. The SMILES string of the molecule is COc1ccc(CNC(=O)CC(C)N)cc1[N+](=O)[O-].Cl. The summed E-state index contributed by atoms with van der Waals surface area (Å²) >= 11 is 0. The van der Waals surface area contributed by atoms with Crippen molar-refractivity contribution in [3.8, 4) is 5.75 Å². The summed E-state index contributed by atoms with van der Waals surface area (Å²) in [5.41, 5.74) is 6.00. The van der Waals surface area contributed by atoms with E-state index in [0.717, 1.165) is 0 Å². The van der Waals surface area contributed by atoms with Gasteiger partial charge in [0.05, 0.1) is 12.0 Å². The second-order valence-corrected chi connectivity index (χ2v) is 4.22. The molecule has 0 bridgehead atoms. The zero-order chi connectivity index (χ0) is 14.4. The minimum Gasteiger partial charge on any atom is -0.490 e. The van der Waals surface area contributed by atoms with Gasteiger partial charge in [0.1, 0.15) is 0 Å². The van der Waals surface area contributed by atoms with Crippen molar-refractivity contribution in [3.63, 3.8) is 0 Å². The monoisotopic (exact) mass is 303 g/mol. The molecule has 20 heavy (non-hydrogen) atoms. The van der Waals surface area contributed by atoms with E-state index in [1.807, 2.05) is 0 Å². The van der Waals surface area contributed by atoms with E-state index in [1.165, 1.54) is 19.2 Å². The van der Waals surface area contributed by atoms with E-state index in [2.05, 4.69) is 5.32 Å². The molecule has 0 heterocycles. The molecule has 7 nitrogen and oxygen atoms in total. The van der Waals surface area contributed by atoms with Crippen LogP contribution in [-0.4, -0.2) is 24.0 Å². The van der Waals surface area contributed by atoms with Crippen LogP contribution in [0, 0.1) is 10.1 Å². The molecule has 112 valence electrons. The van der Waals surface area contributed by atoms with Gasteiger partial charge < -0.3 is 15.8 Å². The second kappa shape index (κ2) is 8.34. The molecule has 0 aliphatic carbocycles. The number of ether oxygens (including phenoxy) is 1. The molecule has 1 aromatic rings. The van der Waals surface area contributed by atoms with E-state index in [0.29, 0.717) is 5.56 Å². The highest BCUT2D eigenvalue weighted by molar-refractivity contribution is 5.85. The Morgan fingerprint density at radius 2 is 2.20 bits per heavy atom. The lowest BCUT2D eigenvalue weighted by atomic mass is 10.1. The van der Waals surface area contributed by atoms with Gasteiger partial charge in [0.25, 0.3) is 0 Å². The Morgan fingerprint density at radius 3 is 2.70 bits per heavy atom. The van der Waals surface area contributed by atoms with Gasteiger partial charge >= 0.3 is 5.69 Å². The van der Waals surface area contributed by atoms with E-state index in [4.69, 9.17) is 10.5 Å². The number of nitrogens with two attached hydrogens (primary N) is 1. The third-order valence-electron chi connectivity index (χ3n) is 2.44. The van der Waals surface area contributed by atoms with Crippen LogP contribution in [0.1, 0.15) is 18.9 Å². The third-order valence-corrected chi connectivity index (χ3v) is 2.44. The molecule has 0 saturated carbocycles. The van der Waals surface area contributed by atoms with Crippen LogP contribution in [0.25, 0.3) is 0 Å². The van der Waals surface area contributed by atoms with Crippen LogP contribution in [0.4, 0.5) is 5.69 Å². The first-order chi connectivity index (χ1) is 8.93. The molecule has 0 aromatic heterocycles. The third kappa shape index (κ3) is 5.41. The molecular weight excluding hydrogens is 286 g/mol. The van der Waals surface area contributed by atoms with Gasteiger partial charge in [0.15, 0.2) is 5.75 Å². The fraction of sp³-hybridized carbons (Fsp3) is 0.417. The summed E-state index contributed by atoms with van der Waals surface area (Å²) in [6.07, 6.45) is 0.220. The molecule has 8 heteroatoms. The smallest absolute Gasteiger partial charge is 0.311 e. The van der Waals surface area contributed by atoms with E-state index in [-0.39, 0.29) is 48.8 Å². The molecule has 1 atom stereocenters. The molecule has 0 saturated heterocycles. The summed E-state index contributed by atoms with van der Waals surface area (Å²) < 4.78 is 4.89. The fourth-order valence-electron chi connectivity index (χ4n) is 1.55. The van der Waals surface area contributed by atoms with Crippen molar-refractivity contribution in [1.29, 1.82) is 0 Å². The molecular formula is C12H18ClN3O4. The Kier molecular flexibility index (Phi) is 7.56. The topological polar surface area (TPSA) is 107 Å². The summed E-state index contributed by atoms with van der Waals surface area (Å²) in [5.74, 6) is 0.00382. The van der Waals surface area contributed by atoms with Gasteiger partial charge in [-0.25, -0.2) is 0 Å². The number of nitrogens with one attached hydrogen (secondary N) is 1. The molecule has 3 N–H and O–H groups in total. The average molecular weight is 304 g/mol. The Labute approximate surface area is 123 Å². The number of benzene rings is 1. The van der Waals surface area contributed by atoms with Crippen molar-refractivity contribution in [2.24, 2.45) is 5.73 Å². The molecule has 0 spiro atoms. The number of halogens is 1. The number of carbonyl (C=O) groups is 1. The zero-order valence-corrected chi connectivity index (χ0v) is 12.1. The van der Waals surface area contributed by atoms with E-state index < -0.39 is 4.92 Å². The zero-order valence-electron chi connectivity index (χ0n) is 11.3. The summed E-state index contributed by atoms with van der Waals surface area (Å²) in [6.45, 7) is 1.95. The predicted octanol–water partition coefficient (Wildman–Crippen LogP) is 1.38. The summed E-state index contributed by atoms with van der Waals surface area (Å²) in [6, 6.07) is 4.33. The van der Waals surface area contributed by atoms with Crippen molar-refractivity contribution in [2.45, 2.75) is 25.9 Å². The first-order valence-electron chi connectivity index (χ1n) is 5.77. The number of amides is 1. The number of rotatable bonds is 6. The number of nitro groups is 1. The van der Waals surface area contributed by atoms with Crippen molar-refractivity contribution in [2.75, 3.05) is 7.11 Å². The number of hydrogen-bond donors (Lipinski definition) is 2. The highest BCUT2D eigenvalue weighted by Gasteiger charge is 2.15. The van der Waals surface area contributed by atoms with Gasteiger partial charge in [-0.3, -0.25) is 14.9 Å². The number of carbonyl (C=O) groups excluding carboxylic acids is 1. The van der Waals surface area contributed by atoms with Crippen LogP contribution >= 0.6 is 12.4 Å². The lowest BCUT2D eigenvalue weighted by Crippen LogP contribution is -2.29. The quantitative estimate of drug-likeness (QED) is 0.609. The Morgan fingerprint density at radius 1 is 1.55 bits per heavy atom. The first kappa shape index (κ1) is 18.1. The van der Waals surface area contributed by atoms with Crippen LogP contribution in [0.3, 0.4) is 0 Å². The fourth-order valence-corrected chi connectivity index (χ4v) is 1.55. The molecule has 0 aliphatic rings. The van der Waals surface area contributed by atoms with E-state index >= 15 is 0 Å². The lowest BCUT2D eigenvalue weighted by Gasteiger charge is -2.08. The number of methoxy groups -OCH3 is 1. The maximum atomic E-state index is 11.4. The molecule has 0 aliphatic heterocycles. The summed E-state index contributed by atoms with van der Waals surface area (Å²) in [5, 5.41) is 13.5. The van der Waals surface area contributed by atoms with Crippen LogP contribution in [0.2, 0.25) is 0 Å². The summed E-state index contributed by atoms with van der Waals surface area (Å²) in [7, 11) is 1.37. The molecule has 0 radical (unpaired) electrons. The summed E-state index contributed by atoms with van der Waals surface area (Å²) in [4.78, 5) is 21.7. The van der Waals surface area contributed by atoms with Crippen molar-refractivity contribution in [1.82, 2.24) is 5.32 Å². The standard InChI is InChI=1S/C12H17N3O4.ClH/c1-8(13)5-12(16)14-7-9-3-4-11(19-2)10(6-9)15(17)18;/h3-4,6,8H,5,7,13H2,1-2H3,(H,14,16);1H. The van der Waals surface area contributed by atoms with Crippen LogP contribution < -0.4 is 15.8 Å². The molecule has 0 fully saturated rings. The normalized spacial score (nSPS) is 11.2. The molecule has 1 unspecified atom stereocenters. The molecule has 1 aromatic carbocycles. The number of nitrogens with zero attached hydrogens (tertiary/aromatic N) is 1. The number of hydrogen-bond acceptors (Lipinski definition) is 5. The predicted molar refractivity (Wildman–Crippen MR) is 77.0 cm³/mol. The van der Waals surface area contributed by atoms with Crippen molar-refractivity contribution in [3.05, 3.63) is 33.9 Å². The molecule has 1 rings (SSSR count). The van der Waals surface area contributed by atoms with Gasteiger partial charge in [0, 0.05) is 25.1 Å². The van der Waals surface area contributed by atoms with E-state index in [9.17, 15) is 14.9 Å².